The maximum atomic E-state index is 4.49. The molecule has 1 N–H and O–H groups in total. The van der Waals surface area contributed by atoms with E-state index in [4.69, 9.17) is 0 Å². The Kier molecular flexibility index (Phi) is 4.68. The first-order chi connectivity index (χ1) is 9.02. The standard InChI is InChI=1S/C14H17Br2N3/c1-4-12-14(16)13(19(3)18-12)8-17-10-5-6-11(15)9(2)7-10/h5-7,17H,4,8H2,1-3H3. The van der Waals surface area contributed by atoms with Crippen LogP contribution >= 0.6 is 31.9 Å². The van der Waals surface area contributed by atoms with Gasteiger partial charge in [0.15, 0.2) is 0 Å². The zero-order valence-corrected chi connectivity index (χ0v) is 14.5. The predicted molar refractivity (Wildman–Crippen MR) is 86.5 cm³/mol. The van der Waals surface area contributed by atoms with Gasteiger partial charge >= 0.3 is 0 Å². The molecule has 0 bridgehead atoms. The van der Waals surface area contributed by atoms with Crippen LogP contribution in [0.2, 0.25) is 0 Å². The van der Waals surface area contributed by atoms with Crippen LogP contribution in [0.1, 0.15) is 23.9 Å². The van der Waals surface area contributed by atoms with Gasteiger partial charge in [-0.25, -0.2) is 0 Å². The normalized spacial score (nSPS) is 10.8. The van der Waals surface area contributed by atoms with E-state index >= 15 is 0 Å². The number of benzene rings is 1. The van der Waals surface area contributed by atoms with Crippen LogP contribution in [0.15, 0.2) is 27.1 Å². The highest BCUT2D eigenvalue weighted by atomic mass is 79.9. The fourth-order valence-electron chi connectivity index (χ4n) is 1.95. The van der Waals surface area contributed by atoms with E-state index in [1.54, 1.807) is 0 Å². The number of anilines is 1. The Labute approximate surface area is 130 Å². The van der Waals surface area contributed by atoms with Crippen molar-refractivity contribution in [2.75, 3.05) is 5.32 Å². The van der Waals surface area contributed by atoms with Gasteiger partial charge in [-0.1, -0.05) is 22.9 Å². The summed E-state index contributed by atoms with van der Waals surface area (Å²) in [7, 11) is 1.98. The fourth-order valence-corrected chi connectivity index (χ4v) is 2.96. The quantitative estimate of drug-likeness (QED) is 0.842. The Balaban J connectivity index is 2.14. The number of nitrogens with one attached hydrogen (secondary N) is 1. The molecule has 0 aliphatic rings. The maximum Gasteiger partial charge on any atom is 0.0767 e. The largest absolute Gasteiger partial charge is 0.379 e. The first-order valence-electron chi connectivity index (χ1n) is 6.23. The molecule has 2 aromatic rings. The molecule has 0 saturated carbocycles. The average Bonchev–Trinajstić information content (AvgIpc) is 2.66. The molecule has 5 heteroatoms. The van der Waals surface area contributed by atoms with Gasteiger partial charge in [0.1, 0.15) is 0 Å². The van der Waals surface area contributed by atoms with E-state index in [0.29, 0.717) is 0 Å². The number of halogens is 2. The van der Waals surface area contributed by atoms with E-state index in [1.807, 2.05) is 11.7 Å². The monoisotopic (exact) mass is 385 g/mol. The molecule has 0 aliphatic heterocycles. The van der Waals surface area contributed by atoms with Crippen LogP contribution in [0, 0.1) is 6.92 Å². The Bertz CT molecular complexity index is 591. The summed E-state index contributed by atoms with van der Waals surface area (Å²) in [6.07, 6.45) is 0.936. The third-order valence-electron chi connectivity index (χ3n) is 3.12. The summed E-state index contributed by atoms with van der Waals surface area (Å²) in [5.41, 5.74) is 4.61. The van der Waals surface area contributed by atoms with Crippen LogP contribution < -0.4 is 5.32 Å². The molecule has 1 aromatic carbocycles. The van der Waals surface area contributed by atoms with Crippen LogP contribution in [0.5, 0.6) is 0 Å². The van der Waals surface area contributed by atoms with Gasteiger partial charge in [0, 0.05) is 17.2 Å². The first kappa shape index (κ1) is 14.6. The fraction of sp³-hybridized carbons (Fsp3) is 0.357. The topological polar surface area (TPSA) is 29.9 Å². The number of aromatic nitrogens is 2. The van der Waals surface area contributed by atoms with Crippen LogP contribution in [-0.2, 0) is 20.0 Å². The third kappa shape index (κ3) is 3.20. The van der Waals surface area contributed by atoms with Crippen molar-refractivity contribution in [3.8, 4) is 0 Å². The first-order valence-corrected chi connectivity index (χ1v) is 7.81. The SMILES string of the molecule is CCc1nn(C)c(CNc2ccc(Br)c(C)c2)c1Br. The van der Waals surface area contributed by atoms with Gasteiger partial charge in [-0.2, -0.15) is 5.10 Å². The van der Waals surface area contributed by atoms with Gasteiger partial charge in [-0.15, -0.1) is 0 Å². The molecule has 0 radical (unpaired) electrons. The van der Waals surface area contributed by atoms with Crippen molar-refractivity contribution < 1.29 is 0 Å². The van der Waals surface area contributed by atoms with Crippen LogP contribution in [0.3, 0.4) is 0 Å². The molecule has 0 saturated heterocycles. The van der Waals surface area contributed by atoms with E-state index in [0.717, 1.165) is 39.0 Å². The van der Waals surface area contributed by atoms with E-state index < -0.39 is 0 Å². The lowest BCUT2D eigenvalue weighted by Gasteiger charge is -2.09. The molecule has 19 heavy (non-hydrogen) atoms. The predicted octanol–water partition coefficient (Wildman–Crippen LogP) is 4.43. The van der Waals surface area contributed by atoms with Gasteiger partial charge in [-0.3, -0.25) is 4.68 Å². The zero-order chi connectivity index (χ0) is 14.0. The van der Waals surface area contributed by atoms with E-state index in [9.17, 15) is 0 Å². The van der Waals surface area contributed by atoms with Crippen LogP contribution in [0.4, 0.5) is 5.69 Å². The van der Waals surface area contributed by atoms with Crippen molar-refractivity contribution in [1.82, 2.24) is 9.78 Å². The molecular weight excluding hydrogens is 370 g/mol. The number of hydrogen-bond donors (Lipinski definition) is 1. The molecule has 0 spiro atoms. The van der Waals surface area contributed by atoms with Crippen molar-refractivity contribution in [2.45, 2.75) is 26.8 Å². The molecule has 0 fully saturated rings. The Hall–Kier alpha value is -0.810. The second kappa shape index (κ2) is 6.09. The second-order valence-electron chi connectivity index (χ2n) is 4.50. The van der Waals surface area contributed by atoms with Gasteiger partial charge < -0.3 is 5.32 Å². The highest BCUT2D eigenvalue weighted by Gasteiger charge is 2.12. The van der Waals surface area contributed by atoms with E-state index in [-0.39, 0.29) is 0 Å². The summed E-state index contributed by atoms with van der Waals surface area (Å²) in [4.78, 5) is 0. The van der Waals surface area contributed by atoms with Gasteiger partial charge in [0.2, 0.25) is 0 Å². The summed E-state index contributed by atoms with van der Waals surface area (Å²) in [5, 5.41) is 7.93. The maximum absolute atomic E-state index is 4.49. The molecule has 0 atom stereocenters. The summed E-state index contributed by atoms with van der Waals surface area (Å²) in [5.74, 6) is 0. The molecule has 2 rings (SSSR count). The van der Waals surface area contributed by atoms with Crippen molar-refractivity contribution in [3.63, 3.8) is 0 Å². The lowest BCUT2D eigenvalue weighted by molar-refractivity contribution is 0.706. The van der Waals surface area contributed by atoms with Gasteiger partial charge in [-0.05, 0) is 53.0 Å². The number of rotatable bonds is 4. The minimum Gasteiger partial charge on any atom is -0.379 e. The summed E-state index contributed by atoms with van der Waals surface area (Å²) < 4.78 is 4.17. The zero-order valence-electron chi connectivity index (χ0n) is 11.3. The number of hydrogen-bond acceptors (Lipinski definition) is 2. The molecule has 3 nitrogen and oxygen atoms in total. The van der Waals surface area contributed by atoms with Crippen LogP contribution in [0.25, 0.3) is 0 Å². The molecule has 1 heterocycles. The average molecular weight is 387 g/mol. The van der Waals surface area contributed by atoms with Crippen molar-refractivity contribution in [1.29, 1.82) is 0 Å². The van der Waals surface area contributed by atoms with E-state index in [1.165, 1.54) is 5.56 Å². The molecule has 102 valence electrons. The number of aryl methyl sites for hydroxylation is 3. The third-order valence-corrected chi connectivity index (χ3v) is 4.93. The molecule has 1 aromatic heterocycles. The number of nitrogens with zero attached hydrogens (tertiary/aromatic N) is 2. The summed E-state index contributed by atoms with van der Waals surface area (Å²) >= 11 is 7.14. The van der Waals surface area contributed by atoms with Crippen molar-refractivity contribution >= 4 is 37.5 Å². The van der Waals surface area contributed by atoms with Crippen LogP contribution in [-0.4, -0.2) is 9.78 Å². The highest BCUT2D eigenvalue weighted by Crippen LogP contribution is 2.24. The second-order valence-corrected chi connectivity index (χ2v) is 6.15. The lowest BCUT2D eigenvalue weighted by Crippen LogP contribution is -2.06. The van der Waals surface area contributed by atoms with E-state index in [2.05, 4.69) is 74.3 Å². The Morgan fingerprint density at radius 1 is 1.32 bits per heavy atom. The molecule has 0 amide bonds. The van der Waals surface area contributed by atoms with Crippen molar-refractivity contribution in [2.24, 2.45) is 7.05 Å². The smallest absolute Gasteiger partial charge is 0.0767 e. The summed E-state index contributed by atoms with van der Waals surface area (Å²) in [6.45, 7) is 4.96. The van der Waals surface area contributed by atoms with Crippen molar-refractivity contribution in [3.05, 3.63) is 44.1 Å². The summed E-state index contributed by atoms with van der Waals surface area (Å²) in [6, 6.07) is 6.27. The lowest BCUT2D eigenvalue weighted by atomic mass is 10.2. The Morgan fingerprint density at radius 3 is 2.63 bits per heavy atom. The highest BCUT2D eigenvalue weighted by molar-refractivity contribution is 9.10. The minimum absolute atomic E-state index is 0.755. The molecule has 0 aliphatic carbocycles. The van der Waals surface area contributed by atoms with Gasteiger partial charge in [0.25, 0.3) is 0 Å². The minimum atomic E-state index is 0.755. The molecule has 0 unspecified atom stereocenters. The van der Waals surface area contributed by atoms with Gasteiger partial charge in [0.05, 0.1) is 22.4 Å². The Morgan fingerprint density at radius 2 is 2.05 bits per heavy atom. The molecular formula is C14H17Br2N3.